The number of benzene rings is 1. The van der Waals surface area contributed by atoms with Gasteiger partial charge in [0.2, 0.25) is 5.75 Å². The molecule has 114 valence electrons. The van der Waals surface area contributed by atoms with Crippen molar-refractivity contribution in [1.82, 2.24) is 0 Å². The number of ether oxygens (including phenoxy) is 3. The van der Waals surface area contributed by atoms with Gasteiger partial charge in [-0.1, -0.05) is 6.07 Å². The molecule has 1 aromatic carbocycles. The van der Waals surface area contributed by atoms with E-state index in [0.717, 1.165) is 0 Å². The van der Waals surface area contributed by atoms with Gasteiger partial charge in [-0.25, -0.2) is 0 Å². The molecule has 0 aromatic heterocycles. The Balaban J connectivity index is 2.96. The lowest BCUT2D eigenvalue weighted by Gasteiger charge is -2.18. The zero-order valence-corrected chi connectivity index (χ0v) is 11.6. The minimum absolute atomic E-state index is 0.129. The van der Waals surface area contributed by atoms with E-state index in [9.17, 15) is 13.2 Å². The molecule has 0 radical (unpaired) electrons. The van der Waals surface area contributed by atoms with Gasteiger partial charge in [0.25, 0.3) is 0 Å². The Bertz CT molecular complexity index is 449. The smallest absolute Gasteiger partial charge is 0.403 e. The van der Waals surface area contributed by atoms with E-state index >= 15 is 0 Å². The first kappa shape index (κ1) is 16.4. The lowest BCUT2D eigenvalue weighted by atomic mass is 10.0. The Hall–Kier alpha value is -1.63. The highest BCUT2D eigenvalue weighted by Gasteiger charge is 2.36. The lowest BCUT2D eigenvalue weighted by Crippen LogP contribution is -2.37. The van der Waals surface area contributed by atoms with Crippen molar-refractivity contribution in [2.24, 2.45) is 5.73 Å². The van der Waals surface area contributed by atoms with Gasteiger partial charge in [-0.05, 0) is 24.5 Å². The number of halogens is 3. The fourth-order valence-corrected chi connectivity index (χ4v) is 1.83. The third-order valence-corrected chi connectivity index (χ3v) is 2.93. The Morgan fingerprint density at radius 3 is 2.10 bits per heavy atom. The van der Waals surface area contributed by atoms with Crippen LogP contribution in [0.2, 0.25) is 0 Å². The van der Waals surface area contributed by atoms with Crippen LogP contribution in [0.25, 0.3) is 0 Å². The largest absolute Gasteiger partial charge is 0.493 e. The van der Waals surface area contributed by atoms with Crippen molar-refractivity contribution < 1.29 is 27.4 Å². The van der Waals surface area contributed by atoms with Crippen molar-refractivity contribution in [3.63, 3.8) is 0 Å². The molecule has 4 nitrogen and oxygen atoms in total. The Kier molecular flexibility index (Phi) is 5.50. The number of aryl methyl sites for hydroxylation is 1. The van der Waals surface area contributed by atoms with Crippen LogP contribution in [0.4, 0.5) is 13.2 Å². The summed E-state index contributed by atoms with van der Waals surface area (Å²) in [6, 6.07) is 1.40. The van der Waals surface area contributed by atoms with Crippen molar-refractivity contribution in [2.75, 3.05) is 21.3 Å². The molecular formula is C13H18F3NO3. The lowest BCUT2D eigenvalue weighted by molar-refractivity contribution is -0.148. The molecule has 2 N–H and O–H groups in total. The second kappa shape index (κ2) is 6.69. The Labute approximate surface area is 115 Å². The van der Waals surface area contributed by atoms with Crippen molar-refractivity contribution in [3.05, 3.63) is 17.7 Å². The Morgan fingerprint density at radius 1 is 1.05 bits per heavy atom. The number of hydrogen-bond acceptors (Lipinski definition) is 4. The summed E-state index contributed by atoms with van der Waals surface area (Å²) >= 11 is 0. The summed E-state index contributed by atoms with van der Waals surface area (Å²) in [7, 11) is 4.33. The fourth-order valence-electron chi connectivity index (χ4n) is 1.83. The first-order valence-electron chi connectivity index (χ1n) is 5.95. The maximum Gasteiger partial charge on any atom is 0.403 e. The van der Waals surface area contributed by atoms with Gasteiger partial charge in [-0.2, -0.15) is 13.2 Å². The van der Waals surface area contributed by atoms with Crippen molar-refractivity contribution in [1.29, 1.82) is 0 Å². The van der Waals surface area contributed by atoms with Gasteiger partial charge in [0.05, 0.1) is 21.3 Å². The fraction of sp³-hybridized carbons (Fsp3) is 0.538. The van der Waals surface area contributed by atoms with Crippen LogP contribution in [-0.4, -0.2) is 33.5 Å². The number of methoxy groups -OCH3 is 3. The van der Waals surface area contributed by atoms with Gasteiger partial charge in [0, 0.05) is 0 Å². The van der Waals surface area contributed by atoms with Crippen LogP contribution >= 0.6 is 0 Å². The molecule has 0 amide bonds. The van der Waals surface area contributed by atoms with Gasteiger partial charge < -0.3 is 19.9 Å². The van der Waals surface area contributed by atoms with E-state index in [4.69, 9.17) is 19.9 Å². The van der Waals surface area contributed by atoms with E-state index in [1.165, 1.54) is 21.3 Å². The van der Waals surface area contributed by atoms with Crippen LogP contribution in [0.5, 0.6) is 17.2 Å². The molecule has 0 fully saturated rings. The van der Waals surface area contributed by atoms with Crippen LogP contribution in [0.3, 0.4) is 0 Å². The third kappa shape index (κ3) is 3.69. The van der Waals surface area contributed by atoms with Gasteiger partial charge in [-0.3, -0.25) is 0 Å². The zero-order valence-electron chi connectivity index (χ0n) is 11.6. The van der Waals surface area contributed by atoms with Gasteiger partial charge in [0.15, 0.2) is 11.5 Å². The number of alkyl halides is 3. The van der Waals surface area contributed by atoms with E-state index in [1.807, 2.05) is 0 Å². The minimum Gasteiger partial charge on any atom is -0.493 e. The monoisotopic (exact) mass is 293 g/mol. The quantitative estimate of drug-likeness (QED) is 0.875. The maximum atomic E-state index is 12.4. The summed E-state index contributed by atoms with van der Waals surface area (Å²) in [5.74, 6) is 1.17. The van der Waals surface area contributed by atoms with Crippen molar-refractivity contribution in [2.45, 2.75) is 25.1 Å². The van der Waals surface area contributed by atoms with E-state index in [0.29, 0.717) is 22.8 Å². The van der Waals surface area contributed by atoms with Crippen molar-refractivity contribution in [3.8, 4) is 17.2 Å². The average Bonchev–Trinajstić information content (AvgIpc) is 2.42. The molecule has 1 unspecified atom stereocenters. The number of nitrogens with two attached hydrogens (primary N) is 1. The molecule has 1 aromatic rings. The summed E-state index contributed by atoms with van der Waals surface area (Å²) in [5.41, 5.74) is 5.68. The van der Waals surface area contributed by atoms with E-state index in [2.05, 4.69) is 0 Å². The minimum atomic E-state index is -4.40. The van der Waals surface area contributed by atoms with Gasteiger partial charge in [-0.15, -0.1) is 0 Å². The molecule has 0 bridgehead atoms. The molecule has 0 saturated carbocycles. The van der Waals surface area contributed by atoms with Crippen LogP contribution in [-0.2, 0) is 6.42 Å². The molecule has 0 heterocycles. The highest BCUT2D eigenvalue weighted by atomic mass is 19.4. The molecular weight excluding hydrogens is 275 g/mol. The summed E-state index contributed by atoms with van der Waals surface area (Å²) in [6.45, 7) is 0. The molecule has 1 rings (SSSR count). The van der Waals surface area contributed by atoms with Crippen LogP contribution in [0, 0.1) is 0 Å². The topological polar surface area (TPSA) is 53.7 Å². The Morgan fingerprint density at radius 2 is 1.65 bits per heavy atom. The third-order valence-electron chi connectivity index (χ3n) is 2.93. The summed E-state index contributed by atoms with van der Waals surface area (Å²) in [6.07, 6.45) is -4.50. The highest BCUT2D eigenvalue weighted by molar-refractivity contribution is 5.55. The molecule has 20 heavy (non-hydrogen) atoms. The number of hydrogen-bond donors (Lipinski definition) is 1. The average molecular weight is 293 g/mol. The second-order valence-electron chi connectivity index (χ2n) is 4.18. The summed E-state index contributed by atoms with van der Waals surface area (Å²) < 4.78 is 52.7. The molecule has 1 atom stereocenters. The molecule has 0 aliphatic heterocycles. The molecule has 0 saturated heterocycles. The molecule has 0 aliphatic carbocycles. The normalized spacial score (nSPS) is 12.9. The standard InChI is InChI=1S/C13H18F3NO3/c1-18-9-6-4-8(11(19-2)12(9)20-3)5-7-10(17)13(14,15)16/h4,6,10H,5,7,17H2,1-3H3. The van der Waals surface area contributed by atoms with E-state index in [-0.39, 0.29) is 12.8 Å². The molecule has 0 spiro atoms. The predicted molar refractivity (Wildman–Crippen MR) is 68.4 cm³/mol. The second-order valence-corrected chi connectivity index (χ2v) is 4.18. The van der Waals surface area contributed by atoms with Gasteiger partial charge >= 0.3 is 6.18 Å². The summed E-state index contributed by atoms with van der Waals surface area (Å²) in [4.78, 5) is 0. The highest BCUT2D eigenvalue weighted by Crippen LogP contribution is 2.40. The predicted octanol–water partition coefficient (Wildman–Crippen LogP) is 2.53. The SMILES string of the molecule is COc1ccc(CCC(N)C(F)(F)F)c(OC)c1OC. The number of rotatable bonds is 6. The van der Waals surface area contributed by atoms with Gasteiger partial charge in [0.1, 0.15) is 6.04 Å². The van der Waals surface area contributed by atoms with Crippen LogP contribution in [0.1, 0.15) is 12.0 Å². The maximum absolute atomic E-state index is 12.4. The summed E-state index contributed by atoms with van der Waals surface area (Å²) in [5, 5.41) is 0. The molecule has 0 aliphatic rings. The van der Waals surface area contributed by atoms with E-state index in [1.54, 1.807) is 12.1 Å². The molecule has 7 heteroatoms. The zero-order chi connectivity index (χ0) is 15.3. The van der Waals surface area contributed by atoms with Crippen molar-refractivity contribution >= 4 is 0 Å². The first-order valence-corrected chi connectivity index (χ1v) is 5.95. The van der Waals surface area contributed by atoms with E-state index < -0.39 is 12.2 Å². The first-order chi connectivity index (χ1) is 9.35. The van der Waals surface area contributed by atoms with Crippen LogP contribution in [0.15, 0.2) is 12.1 Å². The van der Waals surface area contributed by atoms with Crippen LogP contribution < -0.4 is 19.9 Å².